The lowest BCUT2D eigenvalue weighted by atomic mass is 9.33. The number of benzene rings is 17. The van der Waals surface area contributed by atoms with Crippen LogP contribution in [0.15, 0.2) is 424 Å². The number of para-hydroxylation sites is 4. The molecule has 7 heterocycles. The molecule has 5 aromatic heterocycles. The smallest absolute Gasteiger partial charge is 0.252 e. The van der Waals surface area contributed by atoms with Gasteiger partial charge in [-0.15, -0.1) is 0 Å². The Morgan fingerprint density at radius 1 is 0.225 bits per heavy atom. The van der Waals surface area contributed by atoms with Crippen LogP contribution in [-0.2, 0) is 10.8 Å². The molecule has 16 heteroatoms. The highest BCUT2D eigenvalue weighted by molar-refractivity contribution is 7.00. The molecule has 0 saturated heterocycles. The van der Waals surface area contributed by atoms with Gasteiger partial charge in [0.05, 0.1) is 45.9 Å². The van der Waals surface area contributed by atoms with Crippen LogP contribution in [0.5, 0.6) is 0 Å². The van der Waals surface area contributed by atoms with Gasteiger partial charge in [-0.2, -0.15) is 0 Å². The van der Waals surface area contributed by atoms with Crippen LogP contribution in [0.2, 0.25) is 0 Å². The number of fused-ring (bicyclic) bond motifs is 7. The molecule has 0 unspecified atom stereocenters. The first-order valence-electron chi connectivity index (χ1n) is 52.1. The normalized spacial score (nSPS) is 13.6. The lowest BCUT2D eigenvalue weighted by Gasteiger charge is -2.45. The van der Waals surface area contributed by atoms with E-state index in [0.29, 0.717) is 129 Å². The Hall–Kier alpha value is -17.8. The molecule has 0 fully saturated rings. The molecule has 0 aliphatic carbocycles. The summed E-state index contributed by atoms with van der Waals surface area (Å²) < 4.78 is 131. The predicted molar refractivity (Wildman–Crippen MR) is 562 cm³/mol. The third kappa shape index (κ3) is 15.3. The average molecular weight is 1790 g/mol. The number of aromatic nitrogens is 13. The molecular weight excluding hydrogens is 1690 g/mol. The number of hydrogen-bond acceptors (Lipinski definition) is 14. The van der Waals surface area contributed by atoms with Gasteiger partial charge in [-0.3, -0.25) is 0 Å². The van der Waals surface area contributed by atoms with Gasteiger partial charge in [0.25, 0.3) is 6.71 Å². The highest BCUT2D eigenvalue weighted by Gasteiger charge is 2.47. The van der Waals surface area contributed by atoms with Crippen molar-refractivity contribution in [3.63, 3.8) is 0 Å². The van der Waals surface area contributed by atoms with E-state index in [0.717, 1.165) is 22.3 Å². The maximum absolute atomic E-state index is 10.6. The summed E-state index contributed by atoms with van der Waals surface area (Å²) in [6.45, 7) is 12.2. The maximum Gasteiger partial charge on any atom is 0.252 e. The van der Waals surface area contributed by atoms with E-state index in [9.17, 15) is 16.4 Å². The van der Waals surface area contributed by atoms with Gasteiger partial charge < -0.3 is 14.4 Å². The van der Waals surface area contributed by atoms with E-state index >= 15 is 0 Å². The third-order valence-electron chi connectivity index (χ3n) is 25.4. The fraction of sp³-hybridized carbons (Fsp3) is 0.0656. The van der Waals surface area contributed by atoms with Crippen LogP contribution in [0.4, 0.5) is 34.1 Å². The van der Waals surface area contributed by atoms with Crippen molar-refractivity contribution in [2.45, 2.75) is 52.4 Å². The first kappa shape index (κ1) is 70.0. The summed E-state index contributed by atoms with van der Waals surface area (Å²) in [4.78, 5) is 70.8. The van der Waals surface area contributed by atoms with E-state index in [1.807, 2.05) is 308 Å². The van der Waals surface area contributed by atoms with Crippen molar-refractivity contribution in [2.24, 2.45) is 0 Å². The van der Waals surface area contributed by atoms with Crippen LogP contribution in [0.1, 0.15) is 70.5 Å². The quantitative estimate of drug-likeness (QED) is 0.0790. The summed E-state index contributed by atoms with van der Waals surface area (Å²) in [5, 5.41) is -0.426. The summed E-state index contributed by atoms with van der Waals surface area (Å²) in [7, 11) is 0. The van der Waals surface area contributed by atoms with Crippen LogP contribution in [0.3, 0.4) is 0 Å². The average Bonchev–Trinajstić information content (AvgIpc) is 1.68. The minimum atomic E-state index is -1.03. The molecule has 2 aliphatic heterocycles. The van der Waals surface area contributed by atoms with Crippen molar-refractivity contribution in [1.82, 2.24) is 64.4 Å². The van der Waals surface area contributed by atoms with E-state index in [2.05, 4.69) is 82.8 Å². The predicted octanol–water partition coefficient (Wildman–Crippen LogP) is 27.5. The molecule has 138 heavy (non-hydrogen) atoms. The first-order valence-corrected chi connectivity index (χ1v) is 45.6. The van der Waals surface area contributed by atoms with E-state index < -0.39 is 96.1 Å². The Balaban J connectivity index is 0.948. The molecule has 0 spiro atoms. The maximum atomic E-state index is 10.6. The Morgan fingerprint density at radius 3 is 0.783 bits per heavy atom. The Labute approximate surface area is 818 Å². The van der Waals surface area contributed by atoms with Crippen molar-refractivity contribution in [3.8, 4) is 165 Å². The summed E-state index contributed by atoms with van der Waals surface area (Å²) >= 11 is 0. The van der Waals surface area contributed by atoms with Gasteiger partial charge in [-0.1, -0.05) is 405 Å². The van der Waals surface area contributed by atoms with E-state index in [4.69, 9.17) is 61.2 Å². The Morgan fingerprint density at radius 2 is 0.493 bits per heavy atom. The zero-order valence-electron chi connectivity index (χ0n) is 88.7. The van der Waals surface area contributed by atoms with Crippen LogP contribution in [-0.4, -0.2) is 71.1 Å². The van der Waals surface area contributed by atoms with Crippen LogP contribution < -0.4 is 26.2 Å². The van der Waals surface area contributed by atoms with Crippen LogP contribution in [0.25, 0.3) is 186 Å². The van der Waals surface area contributed by atoms with Gasteiger partial charge in [-0.25, -0.2) is 59.8 Å². The molecule has 17 aromatic carbocycles. The molecule has 15 nitrogen and oxygen atoms in total. The standard InChI is InChI=1S/C122H88BN15/c1-121(2,3)89-70-88(71-90(74-89)122(4,5)6)87-67-69-99-103(73-87)138(108-96(119-132-113(82-50-26-12-27-51-82)126-114(133-119)83-52-28-13-29-53-83)62-39-63-97(108)120-134-115(84-54-30-14-31-55-84)127-116(135-120)85-56-32-15-33-57-85)105-76-91(136-100-64-36-34-58-92(100)93-59-35-37-65-101(93)136)75-104-106(105)123(99)98-68-66-86(77-40-16-7-17-41-77)72-102(98)137(104)107-94(117-128-109(78-42-18-8-19-43-78)124-110(129-117)79-44-20-9-21-45-79)60-38-61-95(107)118-130-111(80-46-22-10-23-47-80)125-112(131-118)81-48-24-11-25-49-81/h7-76H,1-6H3/i7D,16D,17D,34D,35D,36D,37D,40D,41D,58D,59D,64D,65D. The lowest BCUT2D eigenvalue weighted by Crippen LogP contribution is -2.61. The second kappa shape index (κ2) is 34.4. The summed E-state index contributed by atoms with van der Waals surface area (Å²) in [5.41, 5.74) is 12.9. The van der Waals surface area contributed by atoms with Gasteiger partial charge in [0.2, 0.25) is 0 Å². The monoisotopic (exact) mass is 1790 g/mol. The highest BCUT2D eigenvalue weighted by atomic mass is 15.2. The highest BCUT2D eigenvalue weighted by Crippen LogP contribution is 2.55. The van der Waals surface area contributed by atoms with Gasteiger partial charge in [0.1, 0.15) is 0 Å². The van der Waals surface area contributed by atoms with E-state index in [-0.39, 0.29) is 96.6 Å². The SMILES string of the molecule is [2H]c1c([2H])c([2H])c(-c2ccc3c(c2)N(c2c(-c4nc(-c5ccccc5)nc(-c5ccccc5)n4)cccc2-c2nc(-c4ccccc4)nc(-c4ccccc4)n2)c2cc(-n4c5c([2H])c([2H])c([2H])c([2H])c5c5c([2H])c([2H])c([2H])c([2H])c54)cc4c2B3c2ccc(-c3cc(C(C)(C)C)cc(C(C)(C)C)c3)cc2N4c2c(-c3nc(-c4ccccc4)nc(-c4ccccc4)n3)cccc2-c2nc(-c3ccccc3)nc(-c3ccccc3)n2)c([2H])c1[2H]. The second-order valence-electron chi connectivity index (χ2n) is 36.2. The van der Waals surface area contributed by atoms with Crippen molar-refractivity contribution in [1.29, 1.82) is 0 Å². The molecular formula is C122H88BN15. The van der Waals surface area contributed by atoms with Gasteiger partial charge >= 0.3 is 0 Å². The topological polar surface area (TPSA) is 166 Å². The fourth-order valence-electron chi connectivity index (χ4n) is 18.7. The number of nitrogens with zero attached hydrogens (tertiary/aromatic N) is 15. The summed E-state index contributed by atoms with van der Waals surface area (Å²) in [5.74, 6) is 2.92. The van der Waals surface area contributed by atoms with Crippen molar-refractivity contribution in [3.05, 3.63) is 435 Å². The molecule has 0 amide bonds. The molecule has 2 aliphatic rings. The second-order valence-corrected chi connectivity index (χ2v) is 36.2. The number of rotatable bonds is 17. The molecule has 0 saturated carbocycles. The molecule has 0 atom stereocenters. The molecule has 24 rings (SSSR count). The van der Waals surface area contributed by atoms with E-state index in [1.54, 1.807) is 6.07 Å². The van der Waals surface area contributed by atoms with Crippen LogP contribution >= 0.6 is 0 Å². The van der Waals surface area contributed by atoms with Crippen molar-refractivity contribution >= 4 is 79.0 Å². The van der Waals surface area contributed by atoms with Gasteiger partial charge in [-0.05, 0) is 121 Å². The number of anilines is 6. The summed E-state index contributed by atoms with van der Waals surface area (Å²) in [6.07, 6.45) is 0. The van der Waals surface area contributed by atoms with Crippen molar-refractivity contribution in [2.75, 3.05) is 9.80 Å². The lowest BCUT2D eigenvalue weighted by molar-refractivity contribution is 0.569. The molecule has 0 radical (unpaired) electrons. The van der Waals surface area contributed by atoms with Gasteiger partial charge in [0.15, 0.2) is 69.9 Å². The first-order chi connectivity index (χ1) is 73.1. The van der Waals surface area contributed by atoms with Crippen LogP contribution in [0, 0.1) is 0 Å². The molecule has 654 valence electrons. The Bertz CT molecular complexity index is 8670. The third-order valence-corrected chi connectivity index (χ3v) is 25.4. The molecule has 22 aromatic rings. The van der Waals surface area contributed by atoms with E-state index in [1.165, 1.54) is 4.57 Å². The number of hydrogen-bond donors (Lipinski definition) is 0. The zero-order valence-corrected chi connectivity index (χ0v) is 75.7. The fourth-order valence-corrected chi connectivity index (χ4v) is 18.7. The largest absolute Gasteiger partial charge is 0.310 e. The molecule has 0 bridgehead atoms. The molecule has 0 N–H and O–H groups in total. The minimum Gasteiger partial charge on any atom is -0.310 e. The van der Waals surface area contributed by atoms with Gasteiger partial charge in [0, 0.05) is 100 Å². The van der Waals surface area contributed by atoms with Crippen molar-refractivity contribution < 1.29 is 17.8 Å². The summed E-state index contributed by atoms with van der Waals surface area (Å²) in [6, 6.07) is 103. The minimum absolute atomic E-state index is 0.0553. The zero-order chi connectivity index (χ0) is 104. The Kier molecular flexibility index (Phi) is 17.4.